The number of hydrogen-bond donors (Lipinski definition) is 2. The number of nitrogens with zero attached hydrogens (tertiary/aromatic N) is 1. The van der Waals surface area contributed by atoms with Crippen LogP contribution in [-0.4, -0.2) is 41.3 Å². The Kier molecular flexibility index (Phi) is 3.42. The molecule has 2 fully saturated rings. The van der Waals surface area contributed by atoms with Crippen LogP contribution in [0.2, 0.25) is 0 Å². The highest BCUT2D eigenvalue weighted by Gasteiger charge is 2.27. The maximum absolute atomic E-state index is 9.43. The maximum atomic E-state index is 9.43. The van der Waals surface area contributed by atoms with Crippen LogP contribution in [0.1, 0.15) is 38.5 Å². The van der Waals surface area contributed by atoms with E-state index in [2.05, 4.69) is 4.90 Å². The molecule has 0 bridgehead atoms. The van der Waals surface area contributed by atoms with Gasteiger partial charge in [0.05, 0.1) is 6.10 Å². The average Bonchev–Trinajstić information content (AvgIpc) is 2.19. The molecular weight excluding hydrogens is 176 g/mol. The fraction of sp³-hybridized carbons (Fsp3) is 1.00. The van der Waals surface area contributed by atoms with Crippen molar-refractivity contribution in [2.75, 3.05) is 13.1 Å². The summed E-state index contributed by atoms with van der Waals surface area (Å²) in [7, 11) is 0. The Bertz CT molecular complexity index is 178. The normalized spacial score (nSPS) is 37.3. The minimum atomic E-state index is -0.0523. The van der Waals surface area contributed by atoms with Gasteiger partial charge in [-0.2, -0.15) is 0 Å². The number of likely N-dealkylation sites (tertiary alicyclic amines) is 1. The van der Waals surface area contributed by atoms with Crippen molar-refractivity contribution < 1.29 is 5.11 Å². The molecule has 0 amide bonds. The van der Waals surface area contributed by atoms with E-state index in [1.807, 2.05) is 0 Å². The fourth-order valence-electron chi connectivity index (χ4n) is 2.78. The zero-order chi connectivity index (χ0) is 9.97. The van der Waals surface area contributed by atoms with Crippen molar-refractivity contribution in [2.45, 2.75) is 56.7 Å². The van der Waals surface area contributed by atoms with E-state index in [1.165, 1.54) is 19.3 Å². The Morgan fingerprint density at radius 1 is 1.07 bits per heavy atom. The van der Waals surface area contributed by atoms with E-state index in [0.29, 0.717) is 12.1 Å². The molecule has 1 aliphatic heterocycles. The molecule has 0 spiro atoms. The molecule has 82 valence electrons. The van der Waals surface area contributed by atoms with E-state index < -0.39 is 0 Å². The Morgan fingerprint density at radius 3 is 2.43 bits per heavy atom. The molecule has 1 heterocycles. The molecule has 1 saturated carbocycles. The molecule has 3 N–H and O–H groups in total. The lowest BCUT2D eigenvalue weighted by atomic mass is 9.89. The first-order valence-corrected chi connectivity index (χ1v) is 5.93. The van der Waals surface area contributed by atoms with E-state index in [9.17, 15) is 5.11 Å². The van der Waals surface area contributed by atoms with Gasteiger partial charge in [-0.05, 0) is 32.1 Å². The highest BCUT2D eigenvalue weighted by molar-refractivity contribution is 4.84. The number of piperidine rings is 1. The molecule has 3 nitrogen and oxygen atoms in total. The standard InChI is InChI=1S/C11H22N2O/c12-9-2-1-3-10(8-9)13-6-4-11(14)5-7-13/h9-11,14H,1-8,12H2. The Hall–Kier alpha value is -0.120. The SMILES string of the molecule is NC1CCCC(N2CCC(O)CC2)C1. The van der Waals surface area contributed by atoms with Crippen LogP contribution in [0.5, 0.6) is 0 Å². The van der Waals surface area contributed by atoms with Crippen LogP contribution < -0.4 is 5.73 Å². The number of nitrogens with two attached hydrogens (primary N) is 1. The summed E-state index contributed by atoms with van der Waals surface area (Å²) in [6.45, 7) is 2.14. The third kappa shape index (κ3) is 2.47. The third-order valence-corrected chi connectivity index (χ3v) is 3.70. The van der Waals surface area contributed by atoms with Crippen molar-refractivity contribution in [1.82, 2.24) is 4.90 Å². The average molecular weight is 198 g/mol. The quantitative estimate of drug-likeness (QED) is 0.652. The maximum Gasteiger partial charge on any atom is 0.0564 e. The topological polar surface area (TPSA) is 49.5 Å². The molecule has 0 aromatic heterocycles. The van der Waals surface area contributed by atoms with Gasteiger partial charge in [-0.1, -0.05) is 6.42 Å². The van der Waals surface area contributed by atoms with Crippen LogP contribution in [0.4, 0.5) is 0 Å². The van der Waals surface area contributed by atoms with E-state index in [-0.39, 0.29) is 6.10 Å². The second-order valence-corrected chi connectivity index (χ2v) is 4.85. The monoisotopic (exact) mass is 198 g/mol. The van der Waals surface area contributed by atoms with Crippen molar-refractivity contribution in [3.63, 3.8) is 0 Å². The van der Waals surface area contributed by atoms with Gasteiger partial charge in [-0.25, -0.2) is 0 Å². The van der Waals surface area contributed by atoms with E-state index in [0.717, 1.165) is 32.4 Å². The molecular formula is C11H22N2O. The molecule has 2 atom stereocenters. The van der Waals surface area contributed by atoms with Crippen molar-refractivity contribution in [1.29, 1.82) is 0 Å². The molecule has 0 aromatic rings. The van der Waals surface area contributed by atoms with Crippen molar-refractivity contribution >= 4 is 0 Å². The van der Waals surface area contributed by atoms with E-state index >= 15 is 0 Å². The second-order valence-electron chi connectivity index (χ2n) is 4.85. The van der Waals surface area contributed by atoms with Gasteiger partial charge in [0.1, 0.15) is 0 Å². The summed E-state index contributed by atoms with van der Waals surface area (Å²) in [6.07, 6.45) is 6.80. The first-order chi connectivity index (χ1) is 6.75. The number of aliphatic hydroxyl groups excluding tert-OH is 1. The van der Waals surface area contributed by atoms with Crippen molar-refractivity contribution in [2.24, 2.45) is 5.73 Å². The molecule has 0 radical (unpaired) electrons. The first-order valence-electron chi connectivity index (χ1n) is 5.93. The van der Waals surface area contributed by atoms with Crippen molar-refractivity contribution in [3.05, 3.63) is 0 Å². The summed E-state index contributed by atoms with van der Waals surface area (Å²) in [5, 5.41) is 9.43. The third-order valence-electron chi connectivity index (χ3n) is 3.70. The summed E-state index contributed by atoms with van der Waals surface area (Å²) >= 11 is 0. The van der Waals surface area contributed by atoms with Gasteiger partial charge in [-0.15, -0.1) is 0 Å². The lowest BCUT2D eigenvalue weighted by molar-refractivity contribution is 0.0482. The van der Waals surface area contributed by atoms with Crippen LogP contribution in [-0.2, 0) is 0 Å². The van der Waals surface area contributed by atoms with Gasteiger partial charge in [-0.3, -0.25) is 0 Å². The second kappa shape index (κ2) is 4.60. The predicted octanol–water partition coefficient (Wildman–Crippen LogP) is 0.713. The zero-order valence-corrected chi connectivity index (χ0v) is 8.86. The Morgan fingerprint density at radius 2 is 1.79 bits per heavy atom. The van der Waals surface area contributed by atoms with E-state index in [4.69, 9.17) is 5.73 Å². The zero-order valence-electron chi connectivity index (χ0n) is 8.86. The summed E-state index contributed by atoms with van der Waals surface area (Å²) in [6, 6.07) is 1.12. The van der Waals surface area contributed by atoms with Gasteiger partial charge in [0.15, 0.2) is 0 Å². The largest absolute Gasteiger partial charge is 0.393 e. The molecule has 1 aliphatic carbocycles. The lowest BCUT2D eigenvalue weighted by Gasteiger charge is -2.39. The summed E-state index contributed by atoms with van der Waals surface area (Å²) in [5.74, 6) is 0. The Labute approximate surface area is 86.3 Å². The van der Waals surface area contributed by atoms with Gasteiger partial charge in [0.25, 0.3) is 0 Å². The summed E-state index contributed by atoms with van der Waals surface area (Å²) < 4.78 is 0. The molecule has 1 saturated heterocycles. The fourth-order valence-corrected chi connectivity index (χ4v) is 2.78. The summed E-state index contributed by atoms with van der Waals surface area (Å²) in [4.78, 5) is 2.53. The van der Waals surface area contributed by atoms with Crippen LogP contribution in [0.25, 0.3) is 0 Å². The smallest absolute Gasteiger partial charge is 0.0564 e. The highest BCUT2D eigenvalue weighted by Crippen LogP contribution is 2.24. The molecule has 14 heavy (non-hydrogen) atoms. The molecule has 2 rings (SSSR count). The number of rotatable bonds is 1. The summed E-state index contributed by atoms with van der Waals surface area (Å²) in [5.41, 5.74) is 5.98. The van der Waals surface area contributed by atoms with Crippen LogP contribution >= 0.6 is 0 Å². The van der Waals surface area contributed by atoms with Crippen molar-refractivity contribution in [3.8, 4) is 0 Å². The van der Waals surface area contributed by atoms with Gasteiger partial charge in [0.2, 0.25) is 0 Å². The minimum Gasteiger partial charge on any atom is -0.393 e. The molecule has 2 aliphatic rings. The van der Waals surface area contributed by atoms with Crippen LogP contribution in [0.3, 0.4) is 0 Å². The number of aliphatic hydroxyl groups is 1. The van der Waals surface area contributed by atoms with Gasteiger partial charge in [0, 0.05) is 25.2 Å². The molecule has 0 aromatic carbocycles. The van der Waals surface area contributed by atoms with Gasteiger partial charge < -0.3 is 15.7 Å². The van der Waals surface area contributed by atoms with Gasteiger partial charge >= 0.3 is 0 Å². The van der Waals surface area contributed by atoms with Crippen LogP contribution in [0.15, 0.2) is 0 Å². The lowest BCUT2D eigenvalue weighted by Crippen LogP contribution is -2.46. The Balaban J connectivity index is 1.82. The molecule has 2 unspecified atom stereocenters. The molecule has 3 heteroatoms. The van der Waals surface area contributed by atoms with E-state index in [1.54, 1.807) is 0 Å². The number of hydrogen-bond acceptors (Lipinski definition) is 3. The van der Waals surface area contributed by atoms with Crippen LogP contribution in [0, 0.1) is 0 Å². The first kappa shape index (κ1) is 10.4. The minimum absolute atomic E-state index is 0.0523. The predicted molar refractivity (Wildman–Crippen MR) is 57.0 cm³/mol. The highest BCUT2D eigenvalue weighted by atomic mass is 16.3.